The molecule has 0 spiro atoms. The van der Waals surface area contributed by atoms with Crippen LogP contribution in [0.5, 0.6) is 0 Å². The van der Waals surface area contributed by atoms with Crippen molar-refractivity contribution in [2.45, 2.75) is 29.5 Å². The number of alkyl halides is 2. The molecule has 2 aromatic carbocycles. The molecule has 2 saturated carbocycles. The van der Waals surface area contributed by atoms with Crippen LogP contribution >= 0.6 is 58.0 Å². The van der Waals surface area contributed by atoms with Crippen molar-refractivity contribution < 1.29 is 9.59 Å². The Balaban J connectivity index is 1.48. The second-order valence-corrected chi connectivity index (χ2v) is 11.1. The SMILES string of the molecule is O=CC1(CNc2ccc(Cl)c(C(=O)NCCC3CC3)c2)[C@@H](c2cc(Cl)cc(Cl)c2)C1(Cl)Cl. The lowest BCUT2D eigenvalue weighted by molar-refractivity contribution is -0.112. The molecule has 2 aliphatic rings. The molecule has 2 fully saturated rings. The van der Waals surface area contributed by atoms with Crippen LogP contribution in [0.2, 0.25) is 15.1 Å². The molecule has 0 bridgehead atoms. The van der Waals surface area contributed by atoms with Crippen molar-refractivity contribution in [3.63, 3.8) is 0 Å². The van der Waals surface area contributed by atoms with Crippen LogP contribution in [0.4, 0.5) is 5.69 Å². The van der Waals surface area contributed by atoms with E-state index in [0.717, 1.165) is 18.6 Å². The van der Waals surface area contributed by atoms with Crippen molar-refractivity contribution in [1.82, 2.24) is 5.32 Å². The smallest absolute Gasteiger partial charge is 0.252 e. The van der Waals surface area contributed by atoms with E-state index in [9.17, 15) is 9.59 Å². The molecule has 4 rings (SSSR count). The van der Waals surface area contributed by atoms with E-state index in [1.807, 2.05) is 0 Å². The van der Waals surface area contributed by atoms with Gasteiger partial charge in [0, 0.05) is 34.7 Å². The Morgan fingerprint density at radius 1 is 1.06 bits per heavy atom. The van der Waals surface area contributed by atoms with E-state index in [1.54, 1.807) is 36.4 Å². The van der Waals surface area contributed by atoms with Gasteiger partial charge in [-0.3, -0.25) is 4.79 Å². The summed E-state index contributed by atoms with van der Waals surface area (Å²) in [7, 11) is 0. The standard InChI is InChI=1S/C23H21Cl5N2O2/c24-15-7-14(8-16(25)9-15)20-22(12-31,23(20,27)28)11-30-17-3-4-19(26)18(10-17)21(32)29-6-5-13-1-2-13/h3-4,7-10,12-13,20,30H,1-2,5-6,11H2,(H,29,32)/t20-,22?/m1/s1. The van der Waals surface area contributed by atoms with Gasteiger partial charge in [0.15, 0.2) is 0 Å². The maximum absolute atomic E-state index is 12.5. The summed E-state index contributed by atoms with van der Waals surface area (Å²) in [5.74, 6) is 0.00821. The third-order valence-corrected chi connectivity index (χ3v) is 8.08. The Kier molecular flexibility index (Phi) is 6.91. The number of halogens is 5. The average Bonchev–Trinajstić information content (AvgIpc) is 3.62. The summed E-state index contributed by atoms with van der Waals surface area (Å²) in [5, 5.41) is 7.32. The van der Waals surface area contributed by atoms with Gasteiger partial charge >= 0.3 is 0 Å². The highest BCUT2D eigenvalue weighted by Gasteiger charge is 2.76. The molecule has 2 N–H and O–H groups in total. The number of aldehydes is 1. The Morgan fingerprint density at radius 2 is 1.75 bits per heavy atom. The van der Waals surface area contributed by atoms with Crippen molar-refractivity contribution in [1.29, 1.82) is 0 Å². The number of rotatable bonds is 9. The highest BCUT2D eigenvalue weighted by atomic mass is 35.5. The zero-order chi connectivity index (χ0) is 23.1. The maximum atomic E-state index is 12.5. The van der Waals surface area contributed by atoms with Gasteiger partial charge in [-0.15, -0.1) is 0 Å². The molecule has 2 aromatic rings. The number of hydrogen-bond acceptors (Lipinski definition) is 3. The van der Waals surface area contributed by atoms with Gasteiger partial charge in [0.05, 0.1) is 16.0 Å². The third kappa shape index (κ3) is 4.71. The number of hydrogen-bond donors (Lipinski definition) is 2. The number of amides is 1. The van der Waals surface area contributed by atoms with Crippen LogP contribution in [0, 0.1) is 11.3 Å². The summed E-state index contributed by atoms with van der Waals surface area (Å²) in [6.45, 7) is 0.777. The van der Waals surface area contributed by atoms with Crippen molar-refractivity contribution in [2.75, 3.05) is 18.4 Å². The number of anilines is 1. The van der Waals surface area contributed by atoms with Gasteiger partial charge in [0.1, 0.15) is 10.6 Å². The largest absolute Gasteiger partial charge is 0.384 e. The van der Waals surface area contributed by atoms with E-state index in [2.05, 4.69) is 10.6 Å². The van der Waals surface area contributed by atoms with Crippen LogP contribution in [0.25, 0.3) is 0 Å². The quantitative estimate of drug-likeness (QED) is 0.277. The second kappa shape index (κ2) is 9.23. The van der Waals surface area contributed by atoms with Crippen LogP contribution in [-0.4, -0.2) is 29.6 Å². The predicted octanol–water partition coefficient (Wildman–Crippen LogP) is 6.75. The van der Waals surface area contributed by atoms with Gasteiger partial charge in [0.25, 0.3) is 5.91 Å². The van der Waals surface area contributed by atoms with Crippen LogP contribution in [0.15, 0.2) is 36.4 Å². The summed E-state index contributed by atoms with van der Waals surface area (Å²) in [6.07, 6.45) is 4.21. The lowest BCUT2D eigenvalue weighted by Gasteiger charge is -2.15. The first-order valence-electron chi connectivity index (χ1n) is 10.3. The van der Waals surface area contributed by atoms with E-state index in [4.69, 9.17) is 58.0 Å². The molecule has 0 radical (unpaired) electrons. The van der Waals surface area contributed by atoms with E-state index >= 15 is 0 Å². The number of benzene rings is 2. The summed E-state index contributed by atoms with van der Waals surface area (Å²) in [4.78, 5) is 24.7. The summed E-state index contributed by atoms with van der Waals surface area (Å²) < 4.78 is -1.33. The highest BCUT2D eigenvalue weighted by molar-refractivity contribution is 6.54. The Morgan fingerprint density at radius 3 is 2.38 bits per heavy atom. The molecule has 0 heterocycles. The zero-order valence-corrected chi connectivity index (χ0v) is 20.7. The minimum atomic E-state index is -1.33. The number of carbonyl (C=O) groups excluding carboxylic acids is 2. The molecule has 0 saturated heterocycles. The summed E-state index contributed by atoms with van der Waals surface area (Å²) >= 11 is 31.6. The average molecular weight is 535 g/mol. The van der Waals surface area contributed by atoms with E-state index in [1.165, 1.54) is 12.8 Å². The first kappa shape index (κ1) is 24.0. The van der Waals surface area contributed by atoms with Gasteiger partial charge in [-0.2, -0.15) is 0 Å². The minimum absolute atomic E-state index is 0.155. The summed E-state index contributed by atoms with van der Waals surface area (Å²) in [6, 6.07) is 10.0. The van der Waals surface area contributed by atoms with Crippen molar-refractivity contribution in [3.05, 3.63) is 62.6 Å². The van der Waals surface area contributed by atoms with Gasteiger partial charge in [-0.1, -0.05) is 70.8 Å². The molecule has 0 aromatic heterocycles. The van der Waals surface area contributed by atoms with E-state index < -0.39 is 15.7 Å². The first-order chi connectivity index (χ1) is 15.2. The number of nitrogens with one attached hydrogen (secondary N) is 2. The molecule has 1 unspecified atom stereocenters. The molecule has 4 nitrogen and oxygen atoms in total. The van der Waals surface area contributed by atoms with Crippen molar-refractivity contribution in [2.24, 2.45) is 11.3 Å². The zero-order valence-electron chi connectivity index (χ0n) is 16.9. The number of carbonyl (C=O) groups is 2. The van der Waals surface area contributed by atoms with Gasteiger partial charge in [-0.25, -0.2) is 0 Å². The van der Waals surface area contributed by atoms with Crippen LogP contribution in [-0.2, 0) is 4.79 Å². The molecule has 32 heavy (non-hydrogen) atoms. The molecular formula is C23H21Cl5N2O2. The van der Waals surface area contributed by atoms with Gasteiger partial charge < -0.3 is 15.4 Å². The van der Waals surface area contributed by atoms with Crippen LogP contribution in [0.3, 0.4) is 0 Å². The molecule has 0 aliphatic heterocycles. The third-order valence-electron chi connectivity index (χ3n) is 6.17. The Hall–Kier alpha value is -1.17. The highest BCUT2D eigenvalue weighted by Crippen LogP contribution is 2.73. The van der Waals surface area contributed by atoms with E-state index in [-0.39, 0.29) is 12.5 Å². The lowest BCUT2D eigenvalue weighted by atomic mass is 10.00. The van der Waals surface area contributed by atoms with Gasteiger partial charge in [0.2, 0.25) is 0 Å². The second-order valence-electron chi connectivity index (χ2n) is 8.45. The predicted molar refractivity (Wildman–Crippen MR) is 132 cm³/mol. The van der Waals surface area contributed by atoms with Crippen molar-refractivity contribution >= 4 is 75.9 Å². The first-order valence-corrected chi connectivity index (χ1v) is 12.2. The minimum Gasteiger partial charge on any atom is -0.384 e. The van der Waals surface area contributed by atoms with E-state index in [0.29, 0.717) is 38.4 Å². The Bertz CT molecular complexity index is 1040. The normalized spacial score (nSPS) is 23.5. The van der Waals surface area contributed by atoms with Gasteiger partial charge in [-0.05, 0) is 54.3 Å². The molecule has 1 amide bonds. The molecular weight excluding hydrogens is 514 g/mol. The fourth-order valence-corrected chi connectivity index (χ4v) is 5.80. The molecule has 9 heteroatoms. The van der Waals surface area contributed by atoms with Crippen molar-refractivity contribution in [3.8, 4) is 0 Å². The summed E-state index contributed by atoms with van der Waals surface area (Å²) in [5.41, 5.74) is 0.593. The topological polar surface area (TPSA) is 58.2 Å². The monoisotopic (exact) mass is 532 g/mol. The maximum Gasteiger partial charge on any atom is 0.252 e. The molecule has 2 aliphatic carbocycles. The Labute approximate surface area is 211 Å². The van der Waals surface area contributed by atoms with Crippen LogP contribution < -0.4 is 10.6 Å². The lowest BCUT2D eigenvalue weighted by Crippen LogP contribution is -2.26. The van der Waals surface area contributed by atoms with Crippen LogP contribution in [0.1, 0.15) is 41.1 Å². The molecule has 2 atom stereocenters. The fourth-order valence-electron chi connectivity index (χ4n) is 4.08. The fraction of sp³-hybridized carbons (Fsp3) is 0.391. The molecule has 170 valence electrons.